The summed E-state index contributed by atoms with van der Waals surface area (Å²) in [6.45, 7) is 6.17. The van der Waals surface area contributed by atoms with Crippen LogP contribution in [0.3, 0.4) is 0 Å². The number of nitriles is 1. The number of hydrogen-bond acceptors (Lipinski definition) is 4. The Morgan fingerprint density at radius 1 is 1.06 bits per heavy atom. The summed E-state index contributed by atoms with van der Waals surface area (Å²) in [6.07, 6.45) is 0.485. The van der Waals surface area contributed by atoms with Crippen LogP contribution in [-0.4, -0.2) is 17.1 Å². The maximum Gasteiger partial charge on any atom is 0.269 e. The molecule has 2 amide bonds. The van der Waals surface area contributed by atoms with Gasteiger partial charge < -0.3 is 5.32 Å². The number of rotatable bonds is 6. The van der Waals surface area contributed by atoms with Crippen LogP contribution in [0.1, 0.15) is 36.5 Å². The molecule has 0 radical (unpaired) electrons. The highest BCUT2D eigenvalue weighted by Crippen LogP contribution is 2.42. The van der Waals surface area contributed by atoms with Gasteiger partial charge in [-0.05, 0) is 66.8 Å². The molecule has 1 N–H and O–H groups in total. The van der Waals surface area contributed by atoms with Gasteiger partial charge in [-0.2, -0.15) is 5.26 Å². The first-order valence-corrected chi connectivity index (χ1v) is 13.3. The van der Waals surface area contributed by atoms with Crippen LogP contribution in [-0.2, 0) is 16.0 Å². The minimum absolute atomic E-state index is 0.0832. The molecule has 1 saturated heterocycles. The van der Waals surface area contributed by atoms with Gasteiger partial charge in [-0.3, -0.25) is 14.5 Å². The summed E-state index contributed by atoms with van der Waals surface area (Å²) in [6, 6.07) is 25.0. The van der Waals surface area contributed by atoms with Crippen molar-refractivity contribution in [3.63, 3.8) is 0 Å². The van der Waals surface area contributed by atoms with Crippen LogP contribution in [0.2, 0.25) is 0 Å². The lowest BCUT2D eigenvalue weighted by molar-refractivity contribution is -0.117. The quantitative estimate of drug-likeness (QED) is 0.262. The molecule has 1 heterocycles. The third-order valence-corrected chi connectivity index (χ3v) is 7.76. The van der Waals surface area contributed by atoms with E-state index in [9.17, 15) is 14.9 Å². The number of aryl methyl sites for hydroxylation is 1. The SMILES string of the molecule is Cc1ccc(NC(=O)/C(C#N)=C2\SC(Cc3ccc(Br)cc3)C(=O)N2c2ccc(C(C)C)cc2)cc1. The molecule has 0 aromatic heterocycles. The Bertz CT molecular complexity index is 1340. The molecule has 1 atom stereocenters. The van der Waals surface area contributed by atoms with Crippen molar-refractivity contribution in [1.29, 1.82) is 5.26 Å². The fourth-order valence-corrected chi connectivity index (χ4v) is 5.47. The van der Waals surface area contributed by atoms with E-state index in [-0.39, 0.29) is 11.5 Å². The molecular formula is C29H26BrN3O2S. The predicted molar refractivity (Wildman–Crippen MR) is 150 cm³/mol. The first kappa shape index (κ1) is 25.7. The third-order valence-electron chi connectivity index (χ3n) is 5.97. The maximum atomic E-state index is 13.7. The van der Waals surface area contributed by atoms with Crippen molar-refractivity contribution in [3.8, 4) is 6.07 Å². The number of anilines is 2. The Balaban J connectivity index is 1.72. The molecular weight excluding hydrogens is 534 g/mol. The number of nitrogens with one attached hydrogen (secondary N) is 1. The van der Waals surface area contributed by atoms with E-state index in [0.29, 0.717) is 28.7 Å². The summed E-state index contributed by atoms with van der Waals surface area (Å²) in [5.41, 5.74) is 4.36. The zero-order valence-electron chi connectivity index (χ0n) is 20.3. The fraction of sp³-hybridized carbons (Fsp3) is 0.207. The minimum atomic E-state index is -0.537. The second-order valence-electron chi connectivity index (χ2n) is 8.97. The Labute approximate surface area is 224 Å². The highest BCUT2D eigenvalue weighted by Gasteiger charge is 2.40. The lowest BCUT2D eigenvalue weighted by atomic mass is 10.0. The van der Waals surface area contributed by atoms with Crippen LogP contribution in [0.15, 0.2) is 87.9 Å². The molecule has 0 spiro atoms. The molecule has 5 nitrogen and oxygen atoms in total. The van der Waals surface area contributed by atoms with Crippen molar-refractivity contribution in [2.75, 3.05) is 10.2 Å². The van der Waals surface area contributed by atoms with Crippen LogP contribution in [0, 0.1) is 18.3 Å². The second-order valence-corrected chi connectivity index (χ2v) is 11.1. The van der Waals surface area contributed by atoms with Crippen LogP contribution in [0.25, 0.3) is 0 Å². The molecule has 3 aromatic carbocycles. The zero-order valence-corrected chi connectivity index (χ0v) is 22.7. The molecule has 4 rings (SSSR count). The van der Waals surface area contributed by atoms with Crippen molar-refractivity contribution in [1.82, 2.24) is 0 Å². The maximum absolute atomic E-state index is 13.7. The normalized spacial score (nSPS) is 16.7. The Morgan fingerprint density at radius 2 is 1.69 bits per heavy atom. The number of halogens is 1. The van der Waals surface area contributed by atoms with Gasteiger partial charge in [-0.1, -0.05) is 83.5 Å². The van der Waals surface area contributed by atoms with Gasteiger partial charge in [0.05, 0.1) is 5.25 Å². The van der Waals surface area contributed by atoms with Crippen LogP contribution < -0.4 is 10.2 Å². The van der Waals surface area contributed by atoms with Crippen molar-refractivity contribution < 1.29 is 9.59 Å². The lowest BCUT2D eigenvalue weighted by Gasteiger charge is -2.19. The van der Waals surface area contributed by atoms with Gasteiger partial charge in [-0.15, -0.1) is 0 Å². The Kier molecular flexibility index (Phi) is 7.97. The molecule has 3 aromatic rings. The molecule has 0 bridgehead atoms. The van der Waals surface area contributed by atoms with E-state index in [1.54, 1.807) is 12.1 Å². The summed E-state index contributed by atoms with van der Waals surface area (Å²) >= 11 is 4.71. The number of thioether (sulfide) groups is 1. The third kappa shape index (κ3) is 5.72. The Hall–Kier alpha value is -3.34. The summed E-state index contributed by atoms with van der Waals surface area (Å²) in [7, 11) is 0. The van der Waals surface area contributed by atoms with E-state index in [1.807, 2.05) is 67.6 Å². The molecule has 36 heavy (non-hydrogen) atoms. The number of carbonyl (C=O) groups excluding carboxylic acids is 2. The topological polar surface area (TPSA) is 73.2 Å². The number of benzene rings is 3. The molecule has 7 heteroatoms. The molecule has 0 saturated carbocycles. The standard InChI is InChI=1S/C29H26BrN3O2S/c1-18(2)21-8-14-24(15-9-21)33-28(35)26(16-20-6-10-22(30)11-7-20)36-29(33)25(17-31)27(34)32-23-12-4-19(3)5-13-23/h4-15,18,26H,16H2,1-3H3,(H,32,34)/b29-25-. The summed E-state index contributed by atoms with van der Waals surface area (Å²) in [5.74, 6) is -0.339. The summed E-state index contributed by atoms with van der Waals surface area (Å²) < 4.78 is 0.962. The van der Waals surface area contributed by atoms with Gasteiger partial charge in [0, 0.05) is 15.8 Å². The van der Waals surface area contributed by atoms with E-state index < -0.39 is 11.2 Å². The number of hydrogen-bond donors (Lipinski definition) is 1. The van der Waals surface area contributed by atoms with Crippen molar-refractivity contribution in [2.45, 2.75) is 38.4 Å². The summed E-state index contributed by atoms with van der Waals surface area (Å²) in [5, 5.41) is 12.7. The highest BCUT2D eigenvalue weighted by atomic mass is 79.9. The molecule has 1 fully saturated rings. The monoisotopic (exact) mass is 559 g/mol. The van der Waals surface area contributed by atoms with Gasteiger partial charge in [0.2, 0.25) is 5.91 Å². The molecule has 1 unspecified atom stereocenters. The molecule has 182 valence electrons. The van der Waals surface area contributed by atoms with E-state index in [4.69, 9.17) is 0 Å². The van der Waals surface area contributed by atoms with Gasteiger partial charge in [-0.25, -0.2) is 0 Å². The van der Waals surface area contributed by atoms with Gasteiger partial charge in [0.25, 0.3) is 5.91 Å². The van der Waals surface area contributed by atoms with Gasteiger partial charge in [0.15, 0.2) is 0 Å². The predicted octanol–water partition coefficient (Wildman–Crippen LogP) is 6.95. The molecule has 1 aliphatic heterocycles. The minimum Gasteiger partial charge on any atom is -0.321 e. The first-order chi connectivity index (χ1) is 17.3. The van der Waals surface area contributed by atoms with Gasteiger partial charge >= 0.3 is 0 Å². The average Bonchev–Trinajstić information content (AvgIpc) is 3.17. The van der Waals surface area contributed by atoms with E-state index in [2.05, 4.69) is 41.2 Å². The molecule has 1 aliphatic rings. The Morgan fingerprint density at radius 3 is 2.28 bits per heavy atom. The van der Waals surface area contributed by atoms with Crippen molar-refractivity contribution >= 4 is 50.9 Å². The first-order valence-electron chi connectivity index (χ1n) is 11.6. The highest BCUT2D eigenvalue weighted by molar-refractivity contribution is 9.10. The van der Waals surface area contributed by atoms with Crippen LogP contribution >= 0.6 is 27.7 Å². The van der Waals surface area contributed by atoms with E-state index in [1.165, 1.54) is 16.7 Å². The van der Waals surface area contributed by atoms with Crippen molar-refractivity contribution in [2.24, 2.45) is 0 Å². The summed E-state index contributed by atoms with van der Waals surface area (Å²) in [4.78, 5) is 28.4. The van der Waals surface area contributed by atoms with Crippen molar-refractivity contribution in [3.05, 3.63) is 105 Å². The van der Waals surface area contributed by atoms with E-state index >= 15 is 0 Å². The van der Waals surface area contributed by atoms with Crippen LogP contribution in [0.5, 0.6) is 0 Å². The number of nitrogens with zero attached hydrogens (tertiary/aromatic N) is 2. The zero-order chi connectivity index (χ0) is 25.8. The van der Waals surface area contributed by atoms with Crippen LogP contribution in [0.4, 0.5) is 11.4 Å². The average molecular weight is 561 g/mol. The number of amides is 2. The largest absolute Gasteiger partial charge is 0.321 e. The smallest absolute Gasteiger partial charge is 0.269 e. The fourth-order valence-electron chi connectivity index (χ4n) is 3.90. The number of carbonyl (C=O) groups is 2. The molecule has 0 aliphatic carbocycles. The second kappa shape index (κ2) is 11.2. The lowest BCUT2D eigenvalue weighted by Crippen LogP contribution is -2.31. The van der Waals surface area contributed by atoms with E-state index in [0.717, 1.165) is 21.2 Å². The van der Waals surface area contributed by atoms with Gasteiger partial charge in [0.1, 0.15) is 16.7 Å².